The van der Waals surface area contributed by atoms with E-state index in [0.717, 1.165) is 17.2 Å². The second-order valence-electron chi connectivity index (χ2n) is 8.29. The van der Waals surface area contributed by atoms with Crippen molar-refractivity contribution in [2.75, 3.05) is 5.32 Å². The largest absolute Gasteiger partial charge is 0.390 e. The van der Waals surface area contributed by atoms with E-state index in [-0.39, 0.29) is 23.4 Å². The Bertz CT molecular complexity index is 1450. The summed E-state index contributed by atoms with van der Waals surface area (Å²) in [6.45, 7) is 1.87. The predicted molar refractivity (Wildman–Crippen MR) is 121 cm³/mol. The number of aromatic nitrogens is 2. The first-order valence-electron chi connectivity index (χ1n) is 10.6. The molecule has 34 heavy (non-hydrogen) atoms. The predicted octanol–water partition coefficient (Wildman–Crippen LogP) is 3.56. The molecule has 7 nitrogen and oxygen atoms in total. The molecule has 4 aromatic rings. The Morgan fingerprint density at radius 2 is 1.91 bits per heavy atom. The first-order chi connectivity index (χ1) is 16.3. The quantitative estimate of drug-likeness (QED) is 0.432. The number of fused-ring (bicyclic) bond motifs is 2. The summed E-state index contributed by atoms with van der Waals surface area (Å²) in [5.74, 6) is -2.38. The summed E-state index contributed by atoms with van der Waals surface area (Å²) < 4.78 is 29.8. The van der Waals surface area contributed by atoms with Crippen molar-refractivity contribution in [3.05, 3.63) is 101 Å². The van der Waals surface area contributed by atoms with Gasteiger partial charge in [0.1, 0.15) is 23.0 Å². The summed E-state index contributed by atoms with van der Waals surface area (Å²) >= 11 is 0. The topological polar surface area (TPSA) is 95.7 Å². The number of aryl methyl sites for hydroxylation is 1. The number of nitrogens with zero attached hydrogens (tertiary/aromatic N) is 2. The van der Waals surface area contributed by atoms with E-state index in [0.29, 0.717) is 11.2 Å². The maximum atomic E-state index is 14.5. The number of benzene rings is 2. The van der Waals surface area contributed by atoms with Crippen molar-refractivity contribution in [1.29, 1.82) is 0 Å². The fourth-order valence-electron chi connectivity index (χ4n) is 4.19. The maximum absolute atomic E-state index is 14.5. The first-order valence-corrected chi connectivity index (χ1v) is 10.6. The van der Waals surface area contributed by atoms with Crippen LogP contribution >= 0.6 is 0 Å². The molecule has 3 N–H and O–H groups in total. The highest BCUT2D eigenvalue weighted by molar-refractivity contribution is 6.04. The summed E-state index contributed by atoms with van der Waals surface area (Å²) in [4.78, 5) is 29.9. The Morgan fingerprint density at radius 1 is 1.09 bits per heavy atom. The SMILES string of the molecule is Cc1ccc2ncc(C(=O)Nc3cc(C(=O)N[C@@H]4c5cc(F)ccc5C[C@@H]4O)ccc3F)n2c1. The zero-order valence-electron chi connectivity index (χ0n) is 18.0. The van der Waals surface area contributed by atoms with Gasteiger partial charge in [0.05, 0.1) is 24.0 Å². The molecule has 2 aromatic heterocycles. The van der Waals surface area contributed by atoms with Gasteiger partial charge in [0, 0.05) is 18.2 Å². The van der Waals surface area contributed by atoms with Crippen LogP contribution in [0.4, 0.5) is 14.5 Å². The monoisotopic (exact) mass is 462 g/mol. The molecule has 0 saturated heterocycles. The Balaban J connectivity index is 1.38. The highest BCUT2D eigenvalue weighted by Crippen LogP contribution is 2.32. The fraction of sp³-hybridized carbons (Fsp3) is 0.160. The highest BCUT2D eigenvalue weighted by Gasteiger charge is 2.33. The van der Waals surface area contributed by atoms with Crippen molar-refractivity contribution in [3.63, 3.8) is 0 Å². The molecule has 1 aliphatic carbocycles. The van der Waals surface area contributed by atoms with Crippen molar-refractivity contribution in [2.45, 2.75) is 25.5 Å². The number of hydrogen-bond acceptors (Lipinski definition) is 4. The Labute approximate surface area is 193 Å². The van der Waals surface area contributed by atoms with Crippen molar-refractivity contribution in [1.82, 2.24) is 14.7 Å². The third-order valence-electron chi connectivity index (χ3n) is 5.91. The molecule has 2 atom stereocenters. The zero-order chi connectivity index (χ0) is 24.0. The van der Waals surface area contributed by atoms with Gasteiger partial charge in [-0.05, 0) is 60.0 Å². The van der Waals surface area contributed by atoms with Gasteiger partial charge >= 0.3 is 0 Å². The number of anilines is 1. The van der Waals surface area contributed by atoms with Crippen molar-refractivity contribution >= 4 is 23.1 Å². The molecule has 2 amide bonds. The van der Waals surface area contributed by atoms with Gasteiger partial charge in [-0.3, -0.25) is 14.0 Å². The second kappa shape index (κ2) is 8.35. The minimum Gasteiger partial charge on any atom is -0.390 e. The average molecular weight is 462 g/mol. The van der Waals surface area contributed by atoms with Crippen LogP contribution < -0.4 is 10.6 Å². The van der Waals surface area contributed by atoms with E-state index in [9.17, 15) is 23.5 Å². The number of hydrogen-bond donors (Lipinski definition) is 3. The molecule has 0 bridgehead atoms. The van der Waals surface area contributed by atoms with Gasteiger partial charge in [0.15, 0.2) is 0 Å². The molecule has 5 rings (SSSR count). The molecule has 2 heterocycles. The molecule has 0 aliphatic heterocycles. The lowest BCUT2D eigenvalue weighted by molar-refractivity contribution is 0.0857. The van der Waals surface area contributed by atoms with Crippen molar-refractivity contribution < 1.29 is 23.5 Å². The molecule has 1 aliphatic rings. The summed E-state index contributed by atoms with van der Waals surface area (Å²) in [5, 5.41) is 15.5. The van der Waals surface area contributed by atoms with Crippen LogP contribution in [0.1, 0.15) is 43.6 Å². The number of carbonyl (C=O) groups is 2. The second-order valence-corrected chi connectivity index (χ2v) is 8.29. The molecule has 0 radical (unpaired) electrons. The van der Waals surface area contributed by atoms with Gasteiger partial charge < -0.3 is 15.7 Å². The smallest absolute Gasteiger partial charge is 0.274 e. The van der Waals surface area contributed by atoms with E-state index in [1.165, 1.54) is 30.5 Å². The third-order valence-corrected chi connectivity index (χ3v) is 5.91. The van der Waals surface area contributed by atoms with Crippen LogP contribution in [-0.4, -0.2) is 32.4 Å². The van der Waals surface area contributed by atoms with Gasteiger partial charge in [-0.15, -0.1) is 0 Å². The molecule has 0 spiro atoms. The number of pyridine rings is 1. The summed E-state index contributed by atoms with van der Waals surface area (Å²) in [6, 6.07) is 10.5. The summed E-state index contributed by atoms with van der Waals surface area (Å²) in [6.07, 6.45) is 2.49. The van der Waals surface area contributed by atoms with E-state index < -0.39 is 35.6 Å². The Hall–Kier alpha value is -4.11. The van der Waals surface area contributed by atoms with Crippen LogP contribution in [0.5, 0.6) is 0 Å². The van der Waals surface area contributed by atoms with Gasteiger partial charge in [-0.25, -0.2) is 13.8 Å². The van der Waals surface area contributed by atoms with E-state index >= 15 is 0 Å². The number of rotatable bonds is 4. The lowest BCUT2D eigenvalue weighted by Gasteiger charge is -2.18. The van der Waals surface area contributed by atoms with Crippen molar-refractivity contribution in [2.24, 2.45) is 0 Å². The third kappa shape index (κ3) is 3.90. The van der Waals surface area contributed by atoms with Gasteiger partial charge in [0.2, 0.25) is 0 Å². The molecule has 2 aromatic carbocycles. The van der Waals surface area contributed by atoms with E-state index in [2.05, 4.69) is 15.6 Å². The van der Waals surface area contributed by atoms with E-state index in [1.807, 2.05) is 13.0 Å². The summed E-state index contributed by atoms with van der Waals surface area (Å²) in [5.41, 5.74) is 2.83. The van der Waals surface area contributed by atoms with Crippen LogP contribution in [0.15, 0.2) is 60.9 Å². The molecule has 0 unspecified atom stereocenters. The number of imidazole rings is 1. The zero-order valence-corrected chi connectivity index (χ0v) is 18.0. The molecule has 172 valence electrons. The lowest BCUT2D eigenvalue weighted by Crippen LogP contribution is -2.34. The van der Waals surface area contributed by atoms with Crippen LogP contribution in [-0.2, 0) is 6.42 Å². The van der Waals surface area contributed by atoms with Gasteiger partial charge in [-0.2, -0.15) is 0 Å². The standard InChI is InChI=1S/C25H20F2N4O3/c1-13-2-7-22-28-11-20(31(22)12-13)25(34)29-19-8-15(4-6-18(19)27)24(33)30-23-17-10-16(26)5-3-14(17)9-21(23)32/h2-8,10-12,21,23,32H,9H2,1H3,(H,29,34)(H,30,33)/t21-,23+/m0/s1. The normalized spacial score (nSPS) is 16.9. The Kier molecular flexibility index (Phi) is 5.33. The molecule has 0 saturated carbocycles. The number of halogens is 2. The summed E-state index contributed by atoms with van der Waals surface area (Å²) in [7, 11) is 0. The number of nitrogens with one attached hydrogen (secondary N) is 2. The molecule has 0 fully saturated rings. The molecular weight excluding hydrogens is 442 g/mol. The van der Waals surface area contributed by atoms with Crippen LogP contribution in [0.3, 0.4) is 0 Å². The van der Waals surface area contributed by atoms with Crippen LogP contribution in [0.25, 0.3) is 5.65 Å². The Morgan fingerprint density at radius 3 is 2.74 bits per heavy atom. The van der Waals surface area contributed by atoms with E-state index in [4.69, 9.17) is 0 Å². The molecule has 9 heteroatoms. The number of carbonyl (C=O) groups excluding carboxylic acids is 2. The minimum atomic E-state index is -0.918. The average Bonchev–Trinajstić information content (AvgIpc) is 3.35. The van der Waals surface area contributed by atoms with Gasteiger partial charge in [-0.1, -0.05) is 12.1 Å². The highest BCUT2D eigenvalue weighted by atomic mass is 19.1. The minimum absolute atomic E-state index is 0.0720. The van der Waals surface area contributed by atoms with Crippen LogP contribution in [0, 0.1) is 18.6 Å². The number of aliphatic hydroxyl groups is 1. The fourth-order valence-corrected chi connectivity index (χ4v) is 4.19. The molecular formula is C25H20F2N4O3. The van der Waals surface area contributed by atoms with Crippen LogP contribution in [0.2, 0.25) is 0 Å². The van der Waals surface area contributed by atoms with Crippen molar-refractivity contribution in [3.8, 4) is 0 Å². The number of aliphatic hydroxyl groups excluding tert-OH is 1. The maximum Gasteiger partial charge on any atom is 0.274 e. The van der Waals surface area contributed by atoms with Gasteiger partial charge in [0.25, 0.3) is 11.8 Å². The first kappa shape index (κ1) is 21.7. The van der Waals surface area contributed by atoms with E-state index in [1.54, 1.807) is 22.7 Å². The lowest BCUT2D eigenvalue weighted by atomic mass is 10.1. The number of amides is 2.